The number of carbonyl (C=O) groups is 2. The van der Waals surface area contributed by atoms with Crippen molar-refractivity contribution in [3.8, 4) is 0 Å². The van der Waals surface area contributed by atoms with Gasteiger partial charge in [-0.15, -0.1) is 11.8 Å². The molecule has 122 valence electrons. The van der Waals surface area contributed by atoms with E-state index in [2.05, 4.69) is 5.32 Å². The summed E-state index contributed by atoms with van der Waals surface area (Å²) in [4.78, 5) is 34.2. The van der Waals surface area contributed by atoms with E-state index in [0.29, 0.717) is 5.69 Å². The average molecular weight is 338 g/mol. The third kappa shape index (κ3) is 3.81. The predicted octanol–water partition coefficient (Wildman–Crippen LogP) is 2.42. The predicted molar refractivity (Wildman–Crippen MR) is 83.5 cm³/mol. The Morgan fingerprint density at radius 3 is 2.13 bits per heavy atom. The van der Waals surface area contributed by atoms with Crippen LogP contribution in [-0.4, -0.2) is 28.9 Å². The van der Waals surface area contributed by atoms with Gasteiger partial charge in [-0.2, -0.15) is 0 Å². The van der Waals surface area contributed by atoms with Crippen molar-refractivity contribution in [2.24, 2.45) is 0 Å². The van der Waals surface area contributed by atoms with Crippen LogP contribution in [0.1, 0.15) is 13.8 Å². The van der Waals surface area contributed by atoms with E-state index >= 15 is 0 Å². The molecule has 0 unspecified atom stereocenters. The van der Waals surface area contributed by atoms with Gasteiger partial charge in [-0.25, -0.2) is 9.59 Å². The normalized spacial score (nSPS) is 16.4. The summed E-state index contributed by atoms with van der Waals surface area (Å²) < 4.78 is 10.1. The minimum absolute atomic E-state index is 0.0628. The van der Waals surface area contributed by atoms with Crippen molar-refractivity contribution >= 4 is 35.1 Å². The molecule has 0 radical (unpaired) electrons. The maximum atomic E-state index is 12.0. The molecule has 0 amide bonds. The summed E-state index contributed by atoms with van der Waals surface area (Å²) in [6.45, 7) is 2.92. The monoisotopic (exact) mass is 338 g/mol. The molecule has 1 heterocycles. The number of nitrogens with one attached hydrogen (secondary N) is 1. The maximum absolute atomic E-state index is 12.0. The average Bonchev–Trinajstić information content (AvgIpc) is 2.44. The molecule has 9 heteroatoms. The Hall–Kier alpha value is -2.55. The van der Waals surface area contributed by atoms with Crippen LogP contribution in [0.2, 0.25) is 0 Å². The van der Waals surface area contributed by atoms with E-state index in [-0.39, 0.29) is 16.3 Å². The van der Waals surface area contributed by atoms with Gasteiger partial charge in [-0.1, -0.05) is 0 Å². The van der Waals surface area contributed by atoms with E-state index in [1.807, 2.05) is 0 Å². The first kappa shape index (κ1) is 16.8. The molecule has 1 aromatic rings. The number of esters is 2. The lowest BCUT2D eigenvalue weighted by Gasteiger charge is -2.30. The summed E-state index contributed by atoms with van der Waals surface area (Å²) in [6, 6.07) is 5.56. The van der Waals surface area contributed by atoms with Gasteiger partial charge >= 0.3 is 11.9 Å². The molecule has 0 saturated carbocycles. The quantitative estimate of drug-likeness (QED) is 0.293. The lowest BCUT2D eigenvalue weighted by Crippen LogP contribution is -2.42. The van der Waals surface area contributed by atoms with Crippen LogP contribution in [0.15, 0.2) is 34.9 Å². The number of cyclic esters (lactones) is 2. The molecule has 1 aliphatic rings. The molecule has 8 nitrogen and oxygen atoms in total. The fourth-order valence-electron chi connectivity index (χ4n) is 1.85. The fraction of sp³-hybridized carbons (Fsp3) is 0.286. The summed E-state index contributed by atoms with van der Waals surface area (Å²) in [5.74, 6) is -2.89. The zero-order valence-electron chi connectivity index (χ0n) is 12.6. The zero-order chi connectivity index (χ0) is 17.2. The minimum Gasteiger partial charge on any atom is -0.419 e. The third-order valence-corrected chi connectivity index (χ3v) is 3.57. The summed E-state index contributed by atoms with van der Waals surface area (Å²) in [7, 11) is 0. The van der Waals surface area contributed by atoms with Crippen molar-refractivity contribution < 1.29 is 24.0 Å². The van der Waals surface area contributed by atoms with Crippen LogP contribution in [-0.2, 0) is 19.1 Å². The first-order valence-corrected chi connectivity index (χ1v) is 7.72. The summed E-state index contributed by atoms with van der Waals surface area (Å²) in [5, 5.41) is 13.7. The zero-order valence-corrected chi connectivity index (χ0v) is 13.4. The Morgan fingerprint density at radius 1 is 1.17 bits per heavy atom. The first-order chi connectivity index (χ1) is 10.7. The van der Waals surface area contributed by atoms with Crippen molar-refractivity contribution in [2.75, 3.05) is 11.6 Å². The van der Waals surface area contributed by atoms with Gasteiger partial charge in [0.25, 0.3) is 11.5 Å². The standard InChI is InChI=1S/C14H14N2O6S/c1-14(2)21-12(17)10(13(18)22-14)11(23-3)15-8-4-6-9(7-5-8)16(19)20/h4-7,15H,1-3H3. The Morgan fingerprint density at radius 2 is 1.70 bits per heavy atom. The Bertz CT molecular complexity index is 674. The van der Waals surface area contributed by atoms with Crippen molar-refractivity contribution in [2.45, 2.75) is 19.6 Å². The van der Waals surface area contributed by atoms with E-state index in [9.17, 15) is 19.7 Å². The van der Waals surface area contributed by atoms with Gasteiger partial charge < -0.3 is 14.8 Å². The van der Waals surface area contributed by atoms with Crippen molar-refractivity contribution in [1.29, 1.82) is 0 Å². The first-order valence-electron chi connectivity index (χ1n) is 6.50. The number of hydrogen-bond donors (Lipinski definition) is 1. The largest absolute Gasteiger partial charge is 0.419 e. The second-order valence-electron chi connectivity index (χ2n) is 5.02. The molecular weight excluding hydrogens is 324 g/mol. The van der Waals surface area contributed by atoms with Crippen LogP contribution in [0.25, 0.3) is 0 Å². The van der Waals surface area contributed by atoms with Crippen LogP contribution in [0.4, 0.5) is 11.4 Å². The second kappa shape index (κ2) is 6.29. The number of anilines is 1. The van der Waals surface area contributed by atoms with Crippen LogP contribution in [0, 0.1) is 10.1 Å². The molecule has 2 rings (SSSR count). The van der Waals surface area contributed by atoms with Gasteiger partial charge in [0.1, 0.15) is 0 Å². The molecule has 1 N–H and O–H groups in total. The van der Waals surface area contributed by atoms with Gasteiger partial charge in [0.2, 0.25) is 0 Å². The number of nitrogens with zero attached hydrogens (tertiary/aromatic N) is 1. The molecule has 0 aromatic heterocycles. The molecule has 1 aromatic carbocycles. The Kier molecular flexibility index (Phi) is 4.60. The highest BCUT2D eigenvalue weighted by Crippen LogP contribution is 2.29. The van der Waals surface area contributed by atoms with E-state index < -0.39 is 22.6 Å². The second-order valence-corrected chi connectivity index (χ2v) is 5.83. The number of hydrogen-bond acceptors (Lipinski definition) is 8. The molecular formula is C14H14N2O6S. The summed E-state index contributed by atoms with van der Waals surface area (Å²) in [6.07, 6.45) is 1.67. The topological polar surface area (TPSA) is 108 Å². The lowest BCUT2D eigenvalue weighted by atomic mass is 10.2. The third-order valence-electron chi connectivity index (χ3n) is 2.85. The number of nitro benzene ring substituents is 1. The molecule has 1 aliphatic heterocycles. The van der Waals surface area contributed by atoms with Crippen molar-refractivity contribution in [3.63, 3.8) is 0 Å². The van der Waals surface area contributed by atoms with Crippen LogP contribution in [0.3, 0.4) is 0 Å². The highest BCUT2D eigenvalue weighted by atomic mass is 32.2. The number of non-ortho nitro benzene ring substituents is 1. The van der Waals surface area contributed by atoms with E-state index in [1.54, 1.807) is 6.26 Å². The Labute approximate surface area is 136 Å². The van der Waals surface area contributed by atoms with Crippen LogP contribution >= 0.6 is 11.8 Å². The van der Waals surface area contributed by atoms with Gasteiger partial charge in [-0.3, -0.25) is 10.1 Å². The molecule has 1 saturated heterocycles. The van der Waals surface area contributed by atoms with E-state index in [4.69, 9.17) is 9.47 Å². The van der Waals surface area contributed by atoms with Crippen molar-refractivity contribution in [1.82, 2.24) is 0 Å². The number of carbonyl (C=O) groups excluding carboxylic acids is 2. The SMILES string of the molecule is CSC(Nc1ccc([N+](=O)[O-])cc1)=C1C(=O)OC(C)(C)OC1=O. The Balaban J connectivity index is 2.30. The number of nitro groups is 1. The highest BCUT2D eigenvalue weighted by Gasteiger charge is 2.41. The number of rotatable bonds is 4. The maximum Gasteiger partial charge on any atom is 0.351 e. The number of benzene rings is 1. The van der Waals surface area contributed by atoms with Gasteiger partial charge in [0, 0.05) is 31.7 Å². The number of ether oxygens (including phenoxy) is 2. The van der Waals surface area contributed by atoms with Gasteiger partial charge in [0.15, 0.2) is 5.57 Å². The fourth-order valence-corrected chi connectivity index (χ4v) is 2.44. The minimum atomic E-state index is -1.31. The van der Waals surface area contributed by atoms with Crippen molar-refractivity contribution in [3.05, 3.63) is 45.0 Å². The molecule has 23 heavy (non-hydrogen) atoms. The highest BCUT2D eigenvalue weighted by molar-refractivity contribution is 8.02. The molecule has 1 fully saturated rings. The lowest BCUT2D eigenvalue weighted by molar-refractivity contribution is -0.384. The molecule has 0 aliphatic carbocycles. The van der Waals surface area contributed by atoms with Crippen LogP contribution < -0.4 is 5.32 Å². The van der Waals surface area contributed by atoms with Crippen LogP contribution in [0.5, 0.6) is 0 Å². The van der Waals surface area contributed by atoms with E-state index in [0.717, 1.165) is 11.8 Å². The van der Waals surface area contributed by atoms with E-state index in [1.165, 1.54) is 38.1 Å². The molecule has 0 spiro atoms. The van der Waals surface area contributed by atoms with Gasteiger partial charge in [0.05, 0.1) is 9.95 Å². The smallest absolute Gasteiger partial charge is 0.351 e. The summed E-state index contributed by atoms with van der Waals surface area (Å²) in [5.41, 5.74) is 0.181. The molecule has 0 bridgehead atoms. The van der Waals surface area contributed by atoms with Gasteiger partial charge in [-0.05, 0) is 18.4 Å². The summed E-state index contributed by atoms with van der Waals surface area (Å²) >= 11 is 1.12. The molecule has 0 atom stereocenters. The number of thioether (sulfide) groups is 1.